The van der Waals surface area contributed by atoms with Gasteiger partial charge < -0.3 is 5.32 Å². The molecular weight excluding hydrogens is 273 g/mol. The van der Waals surface area contributed by atoms with Gasteiger partial charge in [0.25, 0.3) is 0 Å². The normalized spacial score (nSPS) is 10.3. The predicted octanol–water partition coefficient (Wildman–Crippen LogP) is 2.69. The molecule has 0 unspecified atom stereocenters. The van der Waals surface area contributed by atoms with E-state index in [0.29, 0.717) is 10.7 Å². The first-order valence-electron chi connectivity index (χ1n) is 5.12. The molecule has 0 radical (unpaired) electrons. The monoisotopic (exact) mass is 283 g/mol. The lowest BCUT2D eigenvalue weighted by Crippen LogP contribution is -2.01. The Balaban J connectivity index is 1.93. The molecule has 0 saturated carbocycles. The molecule has 0 bridgehead atoms. The lowest BCUT2D eigenvalue weighted by molar-refractivity contribution is 0.102. The van der Waals surface area contributed by atoms with E-state index in [0.717, 1.165) is 4.34 Å². The minimum Gasteiger partial charge on any atom is -0.363 e. The van der Waals surface area contributed by atoms with Crippen LogP contribution in [-0.4, -0.2) is 28.8 Å². The number of nitrogens with one attached hydrogen (secondary N) is 1. The van der Waals surface area contributed by atoms with Crippen LogP contribution in [0.1, 0.15) is 10.4 Å². The summed E-state index contributed by atoms with van der Waals surface area (Å²) in [5.74, 6) is -0.132. The number of benzene rings is 1. The lowest BCUT2D eigenvalue weighted by atomic mass is 10.1. The highest BCUT2D eigenvalue weighted by Crippen LogP contribution is 2.25. The predicted molar refractivity (Wildman–Crippen MR) is 70.9 cm³/mol. The molecule has 1 aromatic heterocycles. The molecule has 7 heteroatoms. The Morgan fingerprint density at radius 3 is 2.72 bits per heavy atom. The van der Waals surface area contributed by atoms with Crippen LogP contribution in [0.2, 0.25) is 0 Å². The van der Waals surface area contributed by atoms with Crippen LogP contribution in [0.4, 0.5) is 9.52 Å². The summed E-state index contributed by atoms with van der Waals surface area (Å²) in [5.41, 5.74) is 0.502. The van der Waals surface area contributed by atoms with Crippen molar-refractivity contribution in [3.63, 3.8) is 0 Å². The molecule has 4 nitrogen and oxygen atoms in total. The smallest absolute Gasteiger partial charge is 0.206 e. The summed E-state index contributed by atoms with van der Waals surface area (Å²) >= 11 is 2.72. The van der Waals surface area contributed by atoms with E-state index in [9.17, 15) is 9.18 Å². The fraction of sp³-hybridized carbons (Fsp3) is 0.182. The quantitative estimate of drug-likeness (QED) is 0.675. The van der Waals surface area contributed by atoms with Crippen molar-refractivity contribution in [2.75, 3.05) is 18.1 Å². The number of Topliss-reactive ketones (excluding diaryl/α,β-unsaturated/α-hetero) is 1. The minimum atomic E-state index is -0.345. The van der Waals surface area contributed by atoms with E-state index in [-0.39, 0.29) is 17.4 Å². The van der Waals surface area contributed by atoms with E-state index in [1.165, 1.54) is 47.4 Å². The second kappa shape index (κ2) is 5.92. The zero-order chi connectivity index (χ0) is 13.0. The molecule has 0 aliphatic rings. The van der Waals surface area contributed by atoms with E-state index < -0.39 is 0 Å². The summed E-state index contributed by atoms with van der Waals surface area (Å²) in [6.45, 7) is 0. The molecule has 94 valence electrons. The molecule has 2 aromatic rings. The Kier molecular flexibility index (Phi) is 4.27. The zero-order valence-electron chi connectivity index (χ0n) is 9.51. The average molecular weight is 283 g/mol. The van der Waals surface area contributed by atoms with E-state index >= 15 is 0 Å². The van der Waals surface area contributed by atoms with Crippen molar-refractivity contribution in [1.82, 2.24) is 10.2 Å². The molecule has 0 spiro atoms. The maximum absolute atomic E-state index is 12.7. The van der Waals surface area contributed by atoms with E-state index in [1.807, 2.05) is 0 Å². The Morgan fingerprint density at radius 2 is 2.11 bits per heavy atom. The maximum atomic E-state index is 12.7. The molecular formula is C11H10FN3OS2. The van der Waals surface area contributed by atoms with Crippen LogP contribution in [0.15, 0.2) is 28.6 Å². The number of aromatic nitrogens is 2. The molecule has 0 amide bonds. The Labute approximate surface area is 112 Å². The molecule has 0 aliphatic heterocycles. The highest BCUT2D eigenvalue weighted by atomic mass is 32.2. The second-order valence-electron chi connectivity index (χ2n) is 3.34. The highest BCUT2D eigenvalue weighted by Gasteiger charge is 2.09. The van der Waals surface area contributed by atoms with E-state index in [1.54, 1.807) is 7.05 Å². The number of nitrogens with zero attached hydrogens (tertiary/aromatic N) is 2. The van der Waals surface area contributed by atoms with Gasteiger partial charge in [-0.3, -0.25) is 4.79 Å². The Morgan fingerprint density at radius 1 is 1.39 bits per heavy atom. The zero-order valence-corrected chi connectivity index (χ0v) is 11.1. The van der Waals surface area contributed by atoms with Gasteiger partial charge in [0.05, 0.1) is 5.75 Å². The molecule has 2 rings (SSSR count). The van der Waals surface area contributed by atoms with Gasteiger partial charge in [-0.05, 0) is 24.3 Å². The Bertz CT molecular complexity index is 541. The molecule has 0 saturated heterocycles. The van der Waals surface area contributed by atoms with Crippen molar-refractivity contribution in [3.05, 3.63) is 35.6 Å². The van der Waals surface area contributed by atoms with Crippen molar-refractivity contribution < 1.29 is 9.18 Å². The van der Waals surface area contributed by atoms with Crippen molar-refractivity contribution in [1.29, 1.82) is 0 Å². The van der Waals surface area contributed by atoms with Crippen LogP contribution in [-0.2, 0) is 0 Å². The van der Waals surface area contributed by atoms with Crippen LogP contribution >= 0.6 is 23.1 Å². The van der Waals surface area contributed by atoms with Gasteiger partial charge in [0.2, 0.25) is 5.13 Å². The van der Waals surface area contributed by atoms with Crippen LogP contribution in [0.3, 0.4) is 0 Å². The third-order valence-electron chi connectivity index (χ3n) is 2.11. The molecule has 1 N–H and O–H groups in total. The largest absolute Gasteiger partial charge is 0.363 e. The van der Waals surface area contributed by atoms with E-state index in [2.05, 4.69) is 15.5 Å². The van der Waals surface area contributed by atoms with Gasteiger partial charge >= 0.3 is 0 Å². The fourth-order valence-electron chi connectivity index (χ4n) is 1.22. The SMILES string of the molecule is CNc1nnc(SCC(=O)c2ccc(F)cc2)s1. The van der Waals surface area contributed by atoms with Gasteiger partial charge in [0.1, 0.15) is 5.82 Å². The first-order valence-corrected chi connectivity index (χ1v) is 6.92. The summed E-state index contributed by atoms with van der Waals surface area (Å²) in [6.07, 6.45) is 0. The summed E-state index contributed by atoms with van der Waals surface area (Å²) < 4.78 is 13.4. The number of hydrogen-bond acceptors (Lipinski definition) is 6. The number of halogens is 1. The van der Waals surface area contributed by atoms with Gasteiger partial charge in [-0.2, -0.15) is 0 Å². The topological polar surface area (TPSA) is 54.9 Å². The maximum Gasteiger partial charge on any atom is 0.206 e. The van der Waals surface area contributed by atoms with Gasteiger partial charge in [0, 0.05) is 12.6 Å². The highest BCUT2D eigenvalue weighted by molar-refractivity contribution is 8.01. The summed E-state index contributed by atoms with van der Waals surface area (Å²) in [5, 5.41) is 11.4. The van der Waals surface area contributed by atoms with Crippen molar-refractivity contribution >= 4 is 34.0 Å². The standard InChI is InChI=1S/C11H10FN3OS2/c1-13-10-14-15-11(18-10)17-6-9(16)7-2-4-8(12)5-3-7/h2-5H,6H2,1H3,(H,13,14). The second-order valence-corrected chi connectivity index (χ2v) is 5.54. The van der Waals surface area contributed by atoms with Crippen LogP contribution < -0.4 is 5.32 Å². The third kappa shape index (κ3) is 3.27. The summed E-state index contributed by atoms with van der Waals surface area (Å²) in [4.78, 5) is 11.8. The molecule has 0 fully saturated rings. The number of carbonyl (C=O) groups excluding carboxylic acids is 1. The number of thioether (sulfide) groups is 1. The average Bonchev–Trinajstić information content (AvgIpc) is 2.85. The van der Waals surface area contributed by atoms with Gasteiger partial charge in [0.15, 0.2) is 10.1 Å². The first-order chi connectivity index (χ1) is 8.69. The number of anilines is 1. The van der Waals surface area contributed by atoms with Gasteiger partial charge in [-0.15, -0.1) is 10.2 Å². The molecule has 18 heavy (non-hydrogen) atoms. The summed E-state index contributed by atoms with van der Waals surface area (Å²) in [6, 6.07) is 5.53. The molecule has 0 atom stereocenters. The number of rotatable bonds is 5. The van der Waals surface area contributed by atoms with Gasteiger partial charge in [-0.1, -0.05) is 23.1 Å². The number of carbonyl (C=O) groups is 1. The molecule has 1 aromatic carbocycles. The van der Waals surface area contributed by atoms with Crippen molar-refractivity contribution in [2.45, 2.75) is 4.34 Å². The first kappa shape index (κ1) is 13.0. The number of ketones is 1. The van der Waals surface area contributed by atoms with Gasteiger partial charge in [-0.25, -0.2) is 4.39 Å². The molecule has 1 heterocycles. The Hall–Kier alpha value is -1.47. The van der Waals surface area contributed by atoms with Crippen LogP contribution in [0, 0.1) is 5.82 Å². The third-order valence-corrected chi connectivity index (χ3v) is 4.19. The van der Waals surface area contributed by atoms with Crippen LogP contribution in [0.25, 0.3) is 0 Å². The van der Waals surface area contributed by atoms with E-state index in [4.69, 9.17) is 0 Å². The van der Waals surface area contributed by atoms with Crippen molar-refractivity contribution in [2.24, 2.45) is 0 Å². The van der Waals surface area contributed by atoms with Crippen LogP contribution in [0.5, 0.6) is 0 Å². The van der Waals surface area contributed by atoms with Crippen molar-refractivity contribution in [3.8, 4) is 0 Å². The summed E-state index contributed by atoms with van der Waals surface area (Å²) in [7, 11) is 1.76. The fourth-order valence-corrected chi connectivity index (χ4v) is 2.82. The lowest BCUT2D eigenvalue weighted by Gasteiger charge is -1.98. The number of hydrogen-bond donors (Lipinski definition) is 1. The minimum absolute atomic E-state index is 0.0544. The molecule has 0 aliphatic carbocycles.